The molecule has 1 unspecified atom stereocenters. The third kappa shape index (κ3) is 2.80. The Hall–Kier alpha value is -1.85. The van der Waals surface area contributed by atoms with Crippen molar-refractivity contribution in [2.24, 2.45) is 0 Å². The van der Waals surface area contributed by atoms with Crippen molar-refractivity contribution < 1.29 is 0 Å². The van der Waals surface area contributed by atoms with Crippen molar-refractivity contribution >= 4 is 28.6 Å². The van der Waals surface area contributed by atoms with E-state index in [4.69, 9.17) is 11.6 Å². The maximum Gasteiger partial charge on any atom is 0.0992 e. The van der Waals surface area contributed by atoms with Crippen LogP contribution in [0.5, 0.6) is 0 Å². The van der Waals surface area contributed by atoms with Gasteiger partial charge in [-0.25, -0.2) is 9.97 Å². The third-order valence-electron chi connectivity index (χ3n) is 3.30. The fraction of sp³-hybridized carbons (Fsp3) is 0.200. The van der Waals surface area contributed by atoms with Gasteiger partial charge in [0.1, 0.15) is 0 Å². The molecule has 0 saturated carbocycles. The fourth-order valence-corrected chi connectivity index (χ4v) is 3.39. The van der Waals surface area contributed by atoms with Crippen LogP contribution in [0, 0.1) is 6.92 Å². The van der Waals surface area contributed by atoms with Gasteiger partial charge in [-0.3, -0.25) is 0 Å². The van der Waals surface area contributed by atoms with E-state index in [-0.39, 0.29) is 6.04 Å². The number of rotatable bonds is 4. The van der Waals surface area contributed by atoms with Gasteiger partial charge in [0, 0.05) is 17.3 Å². The molecule has 2 heterocycles. The Morgan fingerprint density at radius 1 is 1.38 bits per heavy atom. The third-order valence-corrected chi connectivity index (χ3v) is 4.72. The fourth-order valence-electron chi connectivity index (χ4n) is 2.31. The van der Waals surface area contributed by atoms with Crippen LogP contribution in [-0.4, -0.2) is 14.5 Å². The van der Waals surface area contributed by atoms with Crippen molar-refractivity contribution in [2.45, 2.75) is 19.9 Å². The largest absolute Gasteiger partial charge is 0.376 e. The molecule has 2 aromatic heterocycles. The maximum atomic E-state index is 6.36. The topological polar surface area (TPSA) is 42.7 Å². The van der Waals surface area contributed by atoms with Crippen molar-refractivity contribution in [1.82, 2.24) is 14.5 Å². The Morgan fingerprint density at radius 3 is 2.90 bits per heavy atom. The van der Waals surface area contributed by atoms with E-state index >= 15 is 0 Å². The lowest BCUT2D eigenvalue weighted by atomic mass is 10.2. The highest BCUT2D eigenvalue weighted by molar-refractivity contribution is 7.09. The summed E-state index contributed by atoms with van der Waals surface area (Å²) in [4.78, 5) is 9.63. The van der Waals surface area contributed by atoms with Crippen molar-refractivity contribution in [1.29, 1.82) is 0 Å². The molecule has 0 spiro atoms. The highest BCUT2D eigenvalue weighted by atomic mass is 35.5. The van der Waals surface area contributed by atoms with Gasteiger partial charge in [0.15, 0.2) is 0 Å². The Bertz CT molecular complexity index is 736. The standard InChI is InChI=1S/C15H15ClN4S/c1-10-15(21-9-18-10)11(2)19-13-5-3-4-12(16)14(13)20-7-6-17-8-20/h3-9,11,19H,1-2H3. The Kier molecular flexibility index (Phi) is 3.94. The van der Waals surface area contributed by atoms with Gasteiger partial charge >= 0.3 is 0 Å². The van der Waals surface area contributed by atoms with E-state index in [9.17, 15) is 0 Å². The molecule has 4 nitrogen and oxygen atoms in total. The molecule has 108 valence electrons. The van der Waals surface area contributed by atoms with Crippen LogP contribution in [0.4, 0.5) is 5.69 Å². The molecule has 0 radical (unpaired) electrons. The smallest absolute Gasteiger partial charge is 0.0992 e. The van der Waals surface area contributed by atoms with Gasteiger partial charge in [-0.2, -0.15) is 0 Å². The molecule has 1 aromatic carbocycles. The van der Waals surface area contributed by atoms with Crippen LogP contribution in [-0.2, 0) is 0 Å². The van der Waals surface area contributed by atoms with Crippen molar-refractivity contribution in [2.75, 3.05) is 5.32 Å². The summed E-state index contributed by atoms with van der Waals surface area (Å²) in [7, 11) is 0. The molecule has 1 atom stereocenters. The number of nitrogens with zero attached hydrogens (tertiary/aromatic N) is 3. The first kappa shape index (κ1) is 14.1. The molecule has 21 heavy (non-hydrogen) atoms. The highest BCUT2D eigenvalue weighted by Gasteiger charge is 2.15. The molecule has 0 aliphatic rings. The van der Waals surface area contributed by atoms with E-state index in [1.807, 2.05) is 41.4 Å². The Morgan fingerprint density at radius 2 is 2.24 bits per heavy atom. The lowest BCUT2D eigenvalue weighted by molar-refractivity contribution is 0.885. The number of benzene rings is 1. The second-order valence-electron chi connectivity index (χ2n) is 4.77. The molecule has 3 aromatic rings. The van der Waals surface area contributed by atoms with Crippen LogP contribution in [0.25, 0.3) is 5.69 Å². The molecular weight excluding hydrogens is 304 g/mol. The van der Waals surface area contributed by atoms with E-state index in [1.54, 1.807) is 23.9 Å². The molecule has 0 amide bonds. The molecular formula is C15H15ClN4S. The van der Waals surface area contributed by atoms with Crippen molar-refractivity contribution in [3.8, 4) is 5.69 Å². The second kappa shape index (κ2) is 5.87. The van der Waals surface area contributed by atoms with E-state index in [0.29, 0.717) is 5.02 Å². The van der Waals surface area contributed by atoms with Gasteiger partial charge < -0.3 is 9.88 Å². The number of thiazole rings is 1. The number of anilines is 1. The van der Waals surface area contributed by atoms with Gasteiger partial charge in [0.05, 0.1) is 40.0 Å². The zero-order valence-electron chi connectivity index (χ0n) is 11.7. The second-order valence-corrected chi connectivity index (χ2v) is 6.07. The number of imidazole rings is 1. The van der Waals surface area contributed by atoms with Crippen LogP contribution < -0.4 is 5.32 Å². The predicted octanol–water partition coefficient (Wildman–Crippen LogP) is 4.46. The van der Waals surface area contributed by atoms with Crippen molar-refractivity contribution in [3.63, 3.8) is 0 Å². The van der Waals surface area contributed by atoms with Crippen LogP contribution in [0.15, 0.2) is 42.4 Å². The molecule has 6 heteroatoms. The Balaban J connectivity index is 1.96. The summed E-state index contributed by atoms with van der Waals surface area (Å²) in [5.74, 6) is 0. The zero-order valence-corrected chi connectivity index (χ0v) is 13.3. The zero-order chi connectivity index (χ0) is 14.8. The van der Waals surface area contributed by atoms with Crippen LogP contribution in [0.1, 0.15) is 23.5 Å². The van der Waals surface area contributed by atoms with Gasteiger partial charge in [0.25, 0.3) is 0 Å². The van der Waals surface area contributed by atoms with E-state index in [1.165, 1.54) is 4.88 Å². The van der Waals surface area contributed by atoms with E-state index in [2.05, 4.69) is 22.2 Å². The van der Waals surface area contributed by atoms with Crippen LogP contribution >= 0.6 is 22.9 Å². The average molecular weight is 319 g/mol. The Labute approximate surface area is 132 Å². The number of hydrogen-bond donors (Lipinski definition) is 1. The van der Waals surface area contributed by atoms with Crippen molar-refractivity contribution in [3.05, 3.63) is 58.0 Å². The first-order valence-corrected chi connectivity index (χ1v) is 7.86. The van der Waals surface area contributed by atoms with Gasteiger partial charge in [-0.1, -0.05) is 17.7 Å². The summed E-state index contributed by atoms with van der Waals surface area (Å²) in [6.45, 7) is 4.15. The van der Waals surface area contributed by atoms with Gasteiger partial charge in [-0.15, -0.1) is 11.3 Å². The number of para-hydroxylation sites is 1. The summed E-state index contributed by atoms with van der Waals surface area (Å²) >= 11 is 8.02. The highest BCUT2D eigenvalue weighted by Crippen LogP contribution is 2.32. The average Bonchev–Trinajstić information content (AvgIpc) is 3.10. The first-order valence-electron chi connectivity index (χ1n) is 6.60. The summed E-state index contributed by atoms with van der Waals surface area (Å²) < 4.78 is 1.91. The molecule has 0 bridgehead atoms. The summed E-state index contributed by atoms with van der Waals surface area (Å²) in [6, 6.07) is 6.01. The van der Waals surface area contributed by atoms with Gasteiger partial charge in [0.2, 0.25) is 0 Å². The lowest BCUT2D eigenvalue weighted by Crippen LogP contribution is -2.09. The molecule has 0 aliphatic heterocycles. The van der Waals surface area contributed by atoms with E-state index in [0.717, 1.165) is 17.1 Å². The number of nitrogens with one attached hydrogen (secondary N) is 1. The minimum Gasteiger partial charge on any atom is -0.376 e. The van der Waals surface area contributed by atoms with Gasteiger partial charge in [-0.05, 0) is 26.0 Å². The number of hydrogen-bond acceptors (Lipinski definition) is 4. The lowest BCUT2D eigenvalue weighted by Gasteiger charge is -2.18. The summed E-state index contributed by atoms with van der Waals surface area (Å²) in [5.41, 5.74) is 4.81. The maximum absolute atomic E-state index is 6.36. The molecule has 0 aliphatic carbocycles. The molecule has 1 N–H and O–H groups in total. The molecule has 0 fully saturated rings. The predicted molar refractivity (Wildman–Crippen MR) is 87.5 cm³/mol. The monoisotopic (exact) mass is 318 g/mol. The van der Waals surface area contributed by atoms with Crippen LogP contribution in [0.2, 0.25) is 5.02 Å². The van der Waals surface area contributed by atoms with Crippen LogP contribution in [0.3, 0.4) is 0 Å². The first-order chi connectivity index (χ1) is 10.2. The number of aryl methyl sites for hydroxylation is 1. The quantitative estimate of drug-likeness (QED) is 0.772. The normalized spacial score (nSPS) is 12.3. The molecule has 3 rings (SSSR count). The number of halogens is 1. The minimum atomic E-state index is 0.165. The van der Waals surface area contributed by atoms with E-state index < -0.39 is 0 Å². The summed E-state index contributed by atoms with van der Waals surface area (Å²) in [5, 5.41) is 4.21. The molecule has 0 saturated heterocycles. The SMILES string of the molecule is Cc1ncsc1C(C)Nc1cccc(Cl)c1-n1ccnc1. The minimum absolute atomic E-state index is 0.165. The summed E-state index contributed by atoms with van der Waals surface area (Å²) in [6.07, 6.45) is 5.37. The number of aromatic nitrogens is 3.